The van der Waals surface area contributed by atoms with Crippen LogP contribution in [0.4, 0.5) is 4.79 Å². The van der Waals surface area contributed by atoms with E-state index in [2.05, 4.69) is 0 Å². The van der Waals surface area contributed by atoms with E-state index in [0.29, 0.717) is 0 Å². The standard InChI is InChI=1S/C15H15NO4S/c1-14-8-9-21-15(2,20-14)12(17)16(14)13(18)19-10-11-6-4-3-5-7-11/h3-9H,10H2,1-2H3. The molecule has 1 saturated heterocycles. The van der Waals surface area contributed by atoms with Gasteiger partial charge in [0.05, 0.1) is 0 Å². The molecule has 0 radical (unpaired) electrons. The molecule has 0 aromatic heterocycles. The van der Waals surface area contributed by atoms with Crippen LogP contribution in [0.1, 0.15) is 19.4 Å². The van der Waals surface area contributed by atoms with E-state index in [1.54, 1.807) is 25.3 Å². The van der Waals surface area contributed by atoms with Gasteiger partial charge in [0, 0.05) is 0 Å². The quantitative estimate of drug-likeness (QED) is 0.841. The highest BCUT2D eigenvalue weighted by Crippen LogP contribution is 2.47. The van der Waals surface area contributed by atoms with Crippen molar-refractivity contribution in [2.24, 2.45) is 0 Å². The first-order chi connectivity index (χ1) is 9.95. The minimum Gasteiger partial charge on any atom is -0.444 e. The Labute approximate surface area is 126 Å². The first-order valence-electron chi connectivity index (χ1n) is 6.56. The molecule has 3 rings (SSSR count). The lowest BCUT2D eigenvalue weighted by atomic mass is 10.2. The van der Waals surface area contributed by atoms with Gasteiger partial charge in [-0.1, -0.05) is 42.1 Å². The Morgan fingerprint density at radius 1 is 1.33 bits per heavy atom. The van der Waals surface area contributed by atoms with Crippen molar-refractivity contribution < 1.29 is 19.1 Å². The number of carbonyl (C=O) groups excluding carboxylic acids is 2. The molecule has 110 valence electrons. The van der Waals surface area contributed by atoms with Crippen LogP contribution in [0.15, 0.2) is 41.8 Å². The van der Waals surface area contributed by atoms with E-state index >= 15 is 0 Å². The predicted molar refractivity (Wildman–Crippen MR) is 78.1 cm³/mol. The van der Waals surface area contributed by atoms with E-state index in [9.17, 15) is 9.59 Å². The van der Waals surface area contributed by atoms with Gasteiger partial charge in [-0.15, -0.1) is 0 Å². The number of hydrogen-bond donors (Lipinski definition) is 0. The Bertz CT molecular complexity index is 617. The fourth-order valence-corrected chi connectivity index (χ4v) is 3.40. The lowest BCUT2D eigenvalue weighted by Gasteiger charge is -2.30. The van der Waals surface area contributed by atoms with Crippen molar-refractivity contribution in [2.75, 3.05) is 0 Å². The predicted octanol–water partition coefficient (Wildman–Crippen LogP) is 2.87. The monoisotopic (exact) mass is 305 g/mol. The highest BCUT2D eigenvalue weighted by Gasteiger charge is 2.60. The number of ether oxygens (including phenoxy) is 2. The zero-order valence-electron chi connectivity index (χ0n) is 11.7. The van der Waals surface area contributed by atoms with E-state index in [4.69, 9.17) is 9.47 Å². The molecule has 2 amide bonds. The van der Waals surface area contributed by atoms with E-state index in [0.717, 1.165) is 10.5 Å². The SMILES string of the molecule is CC12OC(C)(C=CS1)N(C(=O)OCc1ccccc1)C2=O. The van der Waals surface area contributed by atoms with E-state index < -0.39 is 22.7 Å². The van der Waals surface area contributed by atoms with Gasteiger partial charge in [-0.05, 0) is 30.9 Å². The molecule has 0 N–H and O–H groups in total. The third kappa shape index (κ3) is 2.34. The molecule has 0 saturated carbocycles. The molecule has 5 nitrogen and oxygen atoms in total. The van der Waals surface area contributed by atoms with E-state index in [1.165, 1.54) is 11.8 Å². The maximum absolute atomic E-state index is 12.4. The summed E-state index contributed by atoms with van der Waals surface area (Å²) in [6.45, 7) is 3.45. The van der Waals surface area contributed by atoms with Crippen LogP contribution in [-0.2, 0) is 20.9 Å². The van der Waals surface area contributed by atoms with E-state index in [1.807, 2.05) is 30.3 Å². The number of amides is 2. The molecule has 1 aromatic rings. The molecule has 2 atom stereocenters. The van der Waals surface area contributed by atoms with Crippen LogP contribution in [-0.4, -0.2) is 27.6 Å². The Kier molecular flexibility index (Phi) is 3.30. The summed E-state index contributed by atoms with van der Waals surface area (Å²) >= 11 is 1.25. The highest BCUT2D eigenvalue weighted by molar-refractivity contribution is 8.04. The summed E-state index contributed by atoms with van der Waals surface area (Å²) in [7, 11) is 0. The normalized spacial score (nSPS) is 30.6. The molecule has 0 aliphatic carbocycles. The largest absolute Gasteiger partial charge is 0.444 e. The van der Waals surface area contributed by atoms with E-state index in [-0.39, 0.29) is 6.61 Å². The smallest absolute Gasteiger partial charge is 0.419 e. The second-order valence-electron chi connectivity index (χ2n) is 5.20. The molecule has 1 fully saturated rings. The van der Waals surface area contributed by atoms with Gasteiger partial charge >= 0.3 is 6.09 Å². The Hall–Kier alpha value is -1.79. The van der Waals surface area contributed by atoms with Gasteiger partial charge < -0.3 is 9.47 Å². The number of rotatable bonds is 2. The van der Waals surface area contributed by atoms with Gasteiger partial charge in [-0.2, -0.15) is 0 Å². The van der Waals surface area contributed by atoms with Gasteiger partial charge in [0.25, 0.3) is 5.91 Å². The van der Waals surface area contributed by atoms with Gasteiger partial charge in [0.1, 0.15) is 6.61 Å². The molecular formula is C15H15NO4S. The lowest BCUT2D eigenvalue weighted by Crippen LogP contribution is -2.47. The molecule has 21 heavy (non-hydrogen) atoms. The topological polar surface area (TPSA) is 55.8 Å². The van der Waals surface area contributed by atoms with Gasteiger partial charge in [0.15, 0.2) is 10.7 Å². The van der Waals surface area contributed by atoms with Crippen molar-refractivity contribution in [3.8, 4) is 0 Å². The number of carbonyl (C=O) groups is 2. The molecule has 2 heterocycles. The molecule has 6 heteroatoms. The van der Waals surface area contributed by atoms with Crippen LogP contribution >= 0.6 is 11.8 Å². The van der Waals surface area contributed by atoms with Crippen LogP contribution in [0.25, 0.3) is 0 Å². The molecule has 2 aliphatic rings. The maximum Gasteiger partial charge on any atom is 0.419 e. The Morgan fingerprint density at radius 3 is 2.71 bits per heavy atom. The number of imide groups is 1. The van der Waals surface area contributed by atoms with Crippen LogP contribution in [0, 0.1) is 0 Å². The van der Waals surface area contributed by atoms with Gasteiger partial charge in [0.2, 0.25) is 0 Å². The van der Waals surface area contributed by atoms with Gasteiger partial charge in [-0.25, -0.2) is 9.69 Å². The highest BCUT2D eigenvalue weighted by atomic mass is 32.2. The summed E-state index contributed by atoms with van der Waals surface area (Å²) in [5.41, 5.74) is -0.215. The summed E-state index contributed by atoms with van der Waals surface area (Å²) < 4.78 is 11.0. The van der Waals surface area contributed by atoms with Gasteiger partial charge in [-0.3, -0.25) is 4.79 Å². The molecule has 1 aromatic carbocycles. The number of fused-ring (bicyclic) bond motifs is 2. The Balaban J connectivity index is 1.76. The minimum absolute atomic E-state index is 0.118. The van der Waals surface area contributed by atoms with Crippen molar-refractivity contribution in [3.63, 3.8) is 0 Å². The van der Waals surface area contributed by atoms with Crippen LogP contribution < -0.4 is 0 Å². The van der Waals surface area contributed by atoms with Crippen LogP contribution in [0.2, 0.25) is 0 Å². The summed E-state index contributed by atoms with van der Waals surface area (Å²) in [6, 6.07) is 9.32. The number of benzene rings is 1. The first-order valence-corrected chi connectivity index (χ1v) is 7.44. The molecular weight excluding hydrogens is 290 g/mol. The second kappa shape index (κ2) is 4.89. The second-order valence-corrected chi connectivity index (χ2v) is 6.49. The third-order valence-corrected chi connectivity index (χ3v) is 4.47. The lowest BCUT2D eigenvalue weighted by molar-refractivity contribution is -0.130. The number of thioether (sulfide) groups is 1. The van der Waals surface area contributed by atoms with Crippen molar-refractivity contribution in [1.29, 1.82) is 0 Å². The minimum atomic E-state index is -1.08. The zero-order chi connectivity index (χ0) is 15.1. The van der Waals surface area contributed by atoms with Crippen molar-refractivity contribution in [1.82, 2.24) is 4.90 Å². The van der Waals surface area contributed by atoms with Crippen LogP contribution in [0.3, 0.4) is 0 Å². The fourth-order valence-electron chi connectivity index (χ4n) is 2.41. The maximum atomic E-state index is 12.4. The molecule has 0 spiro atoms. The third-order valence-electron chi connectivity index (χ3n) is 3.49. The summed E-state index contributed by atoms with van der Waals surface area (Å²) in [5, 5.41) is 1.78. The fraction of sp³-hybridized carbons (Fsp3) is 0.333. The summed E-state index contributed by atoms with van der Waals surface area (Å²) in [5.74, 6) is -0.391. The average molecular weight is 305 g/mol. The Morgan fingerprint density at radius 2 is 2.05 bits per heavy atom. The number of hydrogen-bond acceptors (Lipinski definition) is 5. The van der Waals surface area contributed by atoms with Crippen LogP contribution in [0.5, 0.6) is 0 Å². The average Bonchev–Trinajstić information content (AvgIpc) is 2.59. The molecule has 2 unspecified atom stereocenters. The number of nitrogens with zero attached hydrogens (tertiary/aromatic N) is 1. The molecule has 2 bridgehead atoms. The van der Waals surface area contributed by atoms with Crippen molar-refractivity contribution in [2.45, 2.75) is 31.1 Å². The summed E-state index contributed by atoms with van der Waals surface area (Å²) in [6.07, 6.45) is 0.996. The zero-order valence-corrected chi connectivity index (χ0v) is 12.6. The van der Waals surface area contributed by atoms with Crippen molar-refractivity contribution >= 4 is 23.8 Å². The first kappa shape index (κ1) is 14.2. The summed E-state index contributed by atoms with van der Waals surface area (Å²) in [4.78, 5) is 24.7. The molecule has 2 aliphatic heterocycles. The van der Waals surface area contributed by atoms with Crippen molar-refractivity contribution in [3.05, 3.63) is 47.4 Å².